The molecule has 0 radical (unpaired) electrons. The molecule has 0 spiro atoms. The van der Waals surface area contributed by atoms with Gasteiger partial charge in [-0.2, -0.15) is 4.98 Å². The van der Waals surface area contributed by atoms with E-state index in [-0.39, 0.29) is 24.5 Å². The van der Waals surface area contributed by atoms with E-state index in [1.165, 1.54) is 16.7 Å². The molecular weight excluding hydrogens is 414 g/mol. The highest BCUT2D eigenvalue weighted by atomic mass is 35.5. The van der Waals surface area contributed by atoms with Crippen molar-refractivity contribution in [3.05, 3.63) is 82.5 Å². The van der Waals surface area contributed by atoms with Crippen molar-refractivity contribution in [3.8, 4) is 11.4 Å². The lowest BCUT2D eigenvalue weighted by atomic mass is 9.97. The number of amides is 1. The first-order valence-corrected chi connectivity index (χ1v) is 10.5. The monoisotopic (exact) mass is 435 g/mol. The summed E-state index contributed by atoms with van der Waals surface area (Å²) in [4.78, 5) is 19.2. The molecule has 1 aromatic heterocycles. The van der Waals surface area contributed by atoms with Crippen LogP contribution in [0, 0.1) is 13.8 Å². The zero-order valence-electron chi connectivity index (χ0n) is 17.2. The van der Waals surface area contributed by atoms with E-state index in [1.54, 1.807) is 23.2 Å². The van der Waals surface area contributed by atoms with Crippen LogP contribution in [0.25, 0.3) is 11.4 Å². The maximum atomic E-state index is 13.1. The van der Waals surface area contributed by atoms with Gasteiger partial charge in [0.2, 0.25) is 11.7 Å². The number of nitrogens with zero attached hydrogens (tertiary/aromatic N) is 4. The summed E-state index contributed by atoms with van der Waals surface area (Å²) in [5.41, 5.74) is 7.95. The van der Waals surface area contributed by atoms with Gasteiger partial charge in [0.1, 0.15) is 12.6 Å². The summed E-state index contributed by atoms with van der Waals surface area (Å²) in [6.45, 7) is 4.44. The predicted molar refractivity (Wildman–Crippen MR) is 116 cm³/mol. The molecule has 1 N–H and O–H groups in total. The van der Waals surface area contributed by atoms with Crippen LogP contribution in [0.1, 0.15) is 35.0 Å². The number of halogens is 1. The van der Waals surface area contributed by atoms with E-state index in [4.69, 9.17) is 16.1 Å². The summed E-state index contributed by atoms with van der Waals surface area (Å²) in [5.74, 6) is 0.861. The average Bonchev–Trinajstić information content (AvgIpc) is 3.40. The van der Waals surface area contributed by atoms with Crippen molar-refractivity contribution in [2.75, 3.05) is 0 Å². The lowest BCUT2D eigenvalue weighted by molar-refractivity contribution is -0.135. The molecular formula is C23H22ClN5O2. The van der Waals surface area contributed by atoms with E-state index in [0.29, 0.717) is 23.2 Å². The summed E-state index contributed by atoms with van der Waals surface area (Å²) < 4.78 is 5.38. The second kappa shape index (κ2) is 7.83. The molecule has 0 saturated carbocycles. The molecule has 2 aromatic carbocycles. The van der Waals surface area contributed by atoms with Crippen LogP contribution in [0.5, 0.6) is 0 Å². The zero-order chi connectivity index (χ0) is 21.5. The maximum Gasteiger partial charge on any atom is 0.251 e. The number of carbonyl (C=O) groups excluding carboxylic acids is 1. The maximum absolute atomic E-state index is 13.1. The van der Waals surface area contributed by atoms with Gasteiger partial charge in [0.15, 0.2) is 0 Å². The lowest BCUT2D eigenvalue weighted by Gasteiger charge is -2.30. The number of hydrogen-bond acceptors (Lipinski definition) is 6. The first-order chi connectivity index (χ1) is 15.0. The van der Waals surface area contributed by atoms with E-state index >= 15 is 0 Å². The fourth-order valence-corrected chi connectivity index (χ4v) is 4.07. The number of hydrazine groups is 1. The Hall–Kier alpha value is -3.16. The Bertz CT molecular complexity index is 1160. The minimum Gasteiger partial charge on any atom is -0.337 e. The normalized spacial score (nSPS) is 20.4. The third-order valence-electron chi connectivity index (χ3n) is 5.88. The molecule has 8 heteroatoms. The quantitative estimate of drug-likeness (QED) is 0.663. The first kappa shape index (κ1) is 19.8. The molecule has 2 aliphatic rings. The number of aromatic nitrogens is 2. The fourth-order valence-electron chi connectivity index (χ4n) is 3.95. The van der Waals surface area contributed by atoms with Crippen LogP contribution in [0.2, 0.25) is 5.02 Å². The van der Waals surface area contributed by atoms with Gasteiger partial charge >= 0.3 is 0 Å². The Labute approximate surface area is 185 Å². The van der Waals surface area contributed by atoms with Gasteiger partial charge < -0.3 is 14.4 Å². The zero-order valence-corrected chi connectivity index (χ0v) is 18.0. The van der Waals surface area contributed by atoms with Crippen LogP contribution in [-0.2, 0) is 11.3 Å². The van der Waals surface area contributed by atoms with Gasteiger partial charge in [-0.3, -0.25) is 4.79 Å². The Morgan fingerprint density at radius 3 is 2.71 bits per heavy atom. The number of fused-ring (bicyclic) bond motifs is 1. The van der Waals surface area contributed by atoms with Crippen LogP contribution >= 0.6 is 11.6 Å². The van der Waals surface area contributed by atoms with Gasteiger partial charge in [0.05, 0.1) is 6.04 Å². The summed E-state index contributed by atoms with van der Waals surface area (Å²) in [6.07, 6.45) is 4.34. The first-order valence-electron chi connectivity index (χ1n) is 10.2. The molecule has 2 aliphatic heterocycles. The standard InChI is InChI=1S/C23H22ClN5O2/c1-14-3-4-17(11-15(14)2)19-12-20-23(30)28(9-10-29(20)26-19)13-21-25-22(27-31-21)16-5-7-18(24)8-6-16/h3-11,19-20,26H,12-13H2,1-2H3. The molecule has 5 rings (SSSR count). The molecule has 1 fully saturated rings. The van der Waals surface area contributed by atoms with Crippen LogP contribution < -0.4 is 5.43 Å². The van der Waals surface area contributed by atoms with Crippen LogP contribution in [0.3, 0.4) is 0 Å². The van der Waals surface area contributed by atoms with Gasteiger partial charge in [-0.1, -0.05) is 35.0 Å². The van der Waals surface area contributed by atoms with E-state index in [9.17, 15) is 4.79 Å². The number of rotatable bonds is 4. The average molecular weight is 436 g/mol. The highest BCUT2D eigenvalue weighted by molar-refractivity contribution is 6.30. The highest BCUT2D eigenvalue weighted by Crippen LogP contribution is 2.32. The van der Waals surface area contributed by atoms with Crippen LogP contribution in [0.15, 0.2) is 59.4 Å². The molecule has 1 saturated heterocycles. The second-order valence-corrected chi connectivity index (χ2v) is 8.40. The van der Waals surface area contributed by atoms with Gasteiger partial charge in [0.25, 0.3) is 5.91 Å². The Morgan fingerprint density at radius 1 is 1.13 bits per heavy atom. The van der Waals surface area contributed by atoms with Crippen molar-refractivity contribution >= 4 is 17.5 Å². The molecule has 1 amide bonds. The molecule has 2 unspecified atom stereocenters. The number of benzene rings is 2. The van der Waals surface area contributed by atoms with Gasteiger partial charge in [0, 0.05) is 23.0 Å². The molecule has 3 aromatic rings. The Kier molecular flexibility index (Phi) is 5.00. The van der Waals surface area contributed by atoms with Crippen molar-refractivity contribution in [1.82, 2.24) is 25.5 Å². The minimum absolute atomic E-state index is 0.00702. The number of nitrogens with one attached hydrogen (secondary N) is 1. The van der Waals surface area contributed by atoms with Crippen molar-refractivity contribution in [2.45, 2.75) is 38.9 Å². The van der Waals surface area contributed by atoms with Crippen LogP contribution in [-0.4, -0.2) is 32.0 Å². The van der Waals surface area contributed by atoms with Crippen molar-refractivity contribution < 1.29 is 9.32 Å². The minimum atomic E-state index is -0.268. The van der Waals surface area contributed by atoms with E-state index < -0.39 is 0 Å². The van der Waals surface area contributed by atoms with Gasteiger partial charge in [-0.15, -0.1) is 0 Å². The SMILES string of the molecule is Cc1ccc(C2CC3C(=O)N(Cc4nc(-c5ccc(Cl)cc5)no4)C=CN3N2)cc1C. The number of hydrogen-bond donors (Lipinski definition) is 1. The Balaban J connectivity index is 1.28. The second-order valence-electron chi connectivity index (χ2n) is 7.97. The third-order valence-corrected chi connectivity index (χ3v) is 6.14. The van der Waals surface area contributed by atoms with Gasteiger partial charge in [-0.05, 0) is 61.2 Å². The highest BCUT2D eigenvalue weighted by Gasteiger charge is 2.40. The van der Waals surface area contributed by atoms with E-state index in [1.807, 2.05) is 23.3 Å². The third kappa shape index (κ3) is 3.82. The number of carbonyl (C=O) groups is 1. The Morgan fingerprint density at radius 2 is 1.94 bits per heavy atom. The fraction of sp³-hybridized carbons (Fsp3) is 0.261. The summed E-state index contributed by atoms with van der Waals surface area (Å²) in [5, 5.41) is 6.56. The molecule has 158 valence electrons. The number of aryl methyl sites for hydroxylation is 2. The predicted octanol–water partition coefficient (Wildman–Crippen LogP) is 4.14. The topological polar surface area (TPSA) is 74.5 Å². The molecule has 0 bridgehead atoms. The summed E-state index contributed by atoms with van der Waals surface area (Å²) in [6, 6.07) is 13.5. The molecule has 3 heterocycles. The van der Waals surface area contributed by atoms with E-state index in [2.05, 4.69) is 47.6 Å². The molecule has 31 heavy (non-hydrogen) atoms. The van der Waals surface area contributed by atoms with Crippen LogP contribution in [0.4, 0.5) is 0 Å². The van der Waals surface area contributed by atoms with Crippen molar-refractivity contribution in [1.29, 1.82) is 0 Å². The largest absolute Gasteiger partial charge is 0.337 e. The molecule has 2 atom stereocenters. The summed E-state index contributed by atoms with van der Waals surface area (Å²) >= 11 is 5.93. The smallest absolute Gasteiger partial charge is 0.251 e. The van der Waals surface area contributed by atoms with Gasteiger partial charge in [-0.25, -0.2) is 5.43 Å². The molecule has 7 nitrogen and oxygen atoms in total. The van der Waals surface area contributed by atoms with Crippen molar-refractivity contribution in [3.63, 3.8) is 0 Å². The molecule has 0 aliphatic carbocycles. The summed E-state index contributed by atoms with van der Waals surface area (Å²) in [7, 11) is 0. The lowest BCUT2D eigenvalue weighted by Crippen LogP contribution is -2.47. The van der Waals surface area contributed by atoms with E-state index in [0.717, 1.165) is 5.56 Å². The van der Waals surface area contributed by atoms with Crippen molar-refractivity contribution in [2.24, 2.45) is 0 Å².